The van der Waals surface area contributed by atoms with Crippen molar-refractivity contribution in [2.45, 2.75) is 65.1 Å². The molecule has 1 unspecified atom stereocenters. The molecular formula is C14H26N2O5. The summed E-state index contributed by atoms with van der Waals surface area (Å²) in [6, 6.07) is -2.15. The molecule has 0 aliphatic heterocycles. The first-order valence-corrected chi connectivity index (χ1v) is 6.98. The van der Waals surface area contributed by atoms with Gasteiger partial charge < -0.3 is 20.9 Å². The van der Waals surface area contributed by atoms with Crippen LogP contribution in [0.1, 0.15) is 47.5 Å². The monoisotopic (exact) mass is 302 g/mol. The number of carbonyl (C=O) groups excluding carboxylic acids is 2. The third kappa shape index (κ3) is 7.65. The molecule has 3 atom stereocenters. The largest absolute Gasteiger partial charge is 0.480 e. The minimum atomic E-state index is -1.34. The molecule has 0 aromatic rings. The van der Waals surface area contributed by atoms with Crippen molar-refractivity contribution >= 4 is 17.8 Å². The molecule has 0 spiro atoms. The Kier molecular flexibility index (Phi) is 7.35. The molecule has 0 aromatic heterocycles. The number of aliphatic carboxylic acids is 1. The smallest absolute Gasteiger partial charge is 0.326 e. The Morgan fingerprint density at radius 1 is 1.29 bits per heavy atom. The molecule has 4 N–H and O–H groups in total. The summed E-state index contributed by atoms with van der Waals surface area (Å²) >= 11 is 0. The van der Waals surface area contributed by atoms with Crippen molar-refractivity contribution < 1.29 is 24.2 Å². The van der Waals surface area contributed by atoms with Crippen LogP contribution >= 0.6 is 0 Å². The fraction of sp³-hybridized carbons (Fsp3) is 0.786. The van der Waals surface area contributed by atoms with Gasteiger partial charge in [-0.3, -0.25) is 9.59 Å². The Bertz CT molecular complexity index is 389. The first kappa shape index (κ1) is 19.4. The van der Waals surface area contributed by atoms with E-state index < -0.39 is 42.0 Å². The molecule has 0 heterocycles. The van der Waals surface area contributed by atoms with Gasteiger partial charge in [-0.15, -0.1) is 0 Å². The quantitative estimate of drug-likeness (QED) is 0.594. The summed E-state index contributed by atoms with van der Waals surface area (Å²) in [7, 11) is 0. The number of carboxylic acids is 1. The van der Waals surface area contributed by atoms with E-state index in [-0.39, 0.29) is 5.92 Å². The van der Waals surface area contributed by atoms with Gasteiger partial charge in [0.1, 0.15) is 11.6 Å². The SMILES string of the molecule is CCC(C)[C@H](N)C(=O)N[C@@H](CC(=O)OC(C)(C)C)C(=O)O. The molecule has 0 bridgehead atoms. The van der Waals surface area contributed by atoms with Gasteiger partial charge in [-0.25, -0.2) is 4.79 Å². The van der Waals surface area contributed by atoms with Crippen LogP contribution in [0.4, 0.5) is 0 Å². The molecule has 7 heteroatoms. The van der Waals surface area contributed by atoms with Crippen LogP contribution in [0.15, 0.2) is 0 Å². The highest BCUT2D eigenvalue weighted by Gasteiger charge is 2.29. The number of hydrogen-bond donors (Lipinski definition) is 3. The number of nitrogens with two attached hydrogens (primary N) is 1. The van der Waals surface area contributed by atoms with Gasteiger partial charge in [-0.2, -0.15) is 0 Å². The summed E-state index contributed by atoms with van der Waals surface area (Å²) < 4.78 is 5.04. The highest BCUT2D eigenvalue weighted by atomic mass is 16.6. The molecule has 0 saturated heterocycles. The van der Waals surface area contributed by atoms with Crippen LogP contribution in [-0.2, 0) is 19.1 Å². The average Bonchev–Trinajstić information content (AvgIpc) is 2.33. The van der Waals surface area contributed by atoms with Gasteiger partial charge in [0.05, 0.1) is 12.5 Å². The van der Waals surface area contributed by atoms with Crippen LogP contribution in [0.2, 0.25) is 0 Å². The maximum Gasteiger partial charge on any atom is 0.326 e. The van der Waals surface area contributed by atoms with Crippen molar-refractivity contribution in [1.82, 2.24) is 5.32 Å². The lowest BCUT2D eigenvalue weighted by molar-refractivity contribution is -0.158. The summed E-state index contributed by atoms with van der Waals surface area (Å²) in [5.74, 6) is -2.65. The lowest BCUT2D eigenvalue weighted by Gasteiger charge is -2.23. The van der Waals surface area contributed by atoms with E-state index in [1.165, 1.54) is 0 Å². The number of carboxylic acid groups (broad SMARTS) is 1. The molecule has 0 fully saturated rings. The first-order chi connectivity index (χ1) is 9.47. The summed E-state index contributed by atoms with van der Waals surface area (Å²) in [5.41, 5.74) is 5.02. The second-order valence-corrected chi connectivity index (χ2v) is 6.10. The molecule has 0 saturated carbocycles. The average molecular weight is 302 g/mol. The van der Waals surface area contributed by atoms with E-state index in [1.54, 1.807) is 27.7 Å². The predicted molar refractivity (Wildman–Crippen MR) is 77.5 cm³/mol. The van der Waals surface area contributed by atoms with Crippen molar-refractivity contribution in [2.24, 2.45) is 11.7 Å². The second kappa shape index (κ2) is 7.97. The van der Waals surface area contributed by atoms with E-state index in [0.29, 0.717) is 6.42 Å². The van der Waals surface area contributed by atoms with Crippen molar-refractivity contribution in [3.05, 3.63) is 0 Å². The Labute approximate surface area is 125 Å². The first-order valence-electron chi connectivity index (χ1n) is 6.98. The minimum absolute atomic E-state index is 0.0824. The fourth-order valence-electron chi connectivity index (χ4n) is 1.53. The number of carbonyl (C=O) groups is 3. The number of hydrogen-bond acceptors (Lipinski definition) is 5. The second-order valence-electron chi connectivity index (χ2n) is 6.10. The molecule has 21 heavy (non-hydrogen) atoms. The number of ether oxygens (including phenoxy) is 1. The molecular weight excluding hydrogens is 276 g/mol. The normalized spacial score (nSPS) is 15.7. The summed E-state index contributed by atoms with van der Waals surface area (Å²) in [6.07, 6.45) is 0.254. The van der Waals surface area contributed by atoms with Gasteiger partial charge in [0.2, 0.25) is 5.91 Å². The van der Waals surface area contributed by atoms with E-state index in [2.05, 4.69) is 5.32 Å². The van der Waals surface area contributed by atoms with Gasteiger partial charge in [0, 0.05) is 0 Å². The zero-order valence-electron chi connectivity index (χ0n) is 13.3. The maximum atomic E-state index is 11.9. The summed E-state index contributed by atoms with van der Waals surface area (Å²) in [4.78, 5) is 34.7. The lowest BCUT2D eigenvalue weighted by atomic mass is 9.99. The van der Waals surface area contributed by atoms with E-state index in [1.807, 2.05) is 6.92 Å². The van der Waals surface area contributed by atoms with Crippen LogP contribution in [-0.4, -0.2) is 40.6 Å². The summed E-state index contributed by atoms with van der Waals surface area (Å²) in [5, 5.41) is 11.4. The van der Waals surface area contributed by atoms with Gasteiger partial charge >= 0.3 is 11.9 Å². The highest BCUT2D eigenvalue weighted by Crippen LogP contribution is 2.10. The molecule has 0 aromatic carbocycles. The Morgan fingerprint density at radius 3 is 2.19 bits per heavy atom. The Hall–Kier alpha value is -1.63. The zero-order chi connectivity index (χ0) is 16.8. The van der Waals surface area contributed by atoms with Crippen LogP contribution < -0.4 is 11.1 Å². The zero-order valence-corrected chi connectivity index (χ0v) is 13.3. The minimum Gasteiger partial charge on any atom is -0.480 e. The van der Waals surface area contributed by atoms with Crippen molar-refractivity contribution in [2.75, 3.05) is 0 Å². The van der Waals surface area contributed by atoms with Gasteiger partial charge in [0.15, 0.2) is 0 Å². The van der Waals surface area contributed by atoms with Crippen LogP contribution in [0, 0.1) is 5.92 Å². The van der Waals surface area contributed by atoms with Gasteiger partial charge in [-0.1, -0.05) is 20.3 Å². The molecule has 7 nitrogen and oxygen atoms in total. The van der Waals surface area contributed by atoms with E-state index in [9.17, 15) is 14.4 Å². The number of esters is 1. The third-order valence-corrected chi connectivity index (χ3v) is 2.97. The fourth-order valence-corrected chi connectivity index (χ4v) is 1.53. The topological polar surface area (TPSA) is 119 Å². The summed E-state index contributed by atoms with van der Waals surface area (Å²) in [6.45, 7) is 8.72. The molecule has 0 radical (unpaired) electrons. The molecule has 1 amide bonds. The molecule has 0 aliphatic rings. The Morgan fingerprint density at radius 2 is 1.81 bits per heavy atom. The Balaban J connectivity index is 4.68. The van der Waals surface area contributed by atoms with E-state index in [4.69, 9.17) is 15.6 Å². The molecule has 0 rings (SSSR count). The van der Waals surface area contributed by atoms with Crippen molar-refractivity contribution in [3.63, 3.8) is 0 Å². The third-order valence-electron chi connectivity index (χ3n) is 2.97. The highest BCUT2D eigenvalue weighted by molar-refractivity contribution is 5.89. The predicted octanol–water partition coefficient (Wildman–Crippen LogP) is 0.661. The van der Waals surface area contributed by atoms with Gasteiger partial charge in [0.25, 0.3) is 0 Å². The van der Waals surface area contributed by atoms with Crippen LogP contribution in [0.3, 0.4) is 0 Å². The number of nitrogens with one attached hydrogen (secondary N) is 1. The van der Waals surface area contributed by atoms with Crippen LogP contribution in [0.5, 0.6) is 0 Å². The lowest BCUT2D eigenvalue weighted by Crippen LogP contribution is -2.51. The molecule has 0 aliphatic carbocycles. The van der Waals surface area contributed by atoms with E-state index >= 15 is 0 Å². The van der Waals surface area contributed by atoms with Crippen molar-refractivity contribution in [3.8, 4) is 0 Å². The van der Waals surface area contributed by atoms with E-state index in [0.717, 1.165) is 0 Å². The van der Waals surface area contributed by atoms with Gasteiger partial charge in [-0.05, 0) is 26.7 Å². The number of rotatable bonds is 7. The van der Waals surface area contributed by atoms with Crippen molar-refractivity contribution in [1.29, 1.82) is 0 Å². The standard InChI is InChI=1S/C14H26N2O5/c1-6-8(2)11(15)12(18)16-9(13(19)20)7-10(17)21-14(3,4)5/h8-9,11H,6-7,15H2,1-5H3,(H,16,18)(H,19,20)/t8?,9-,11-/m0/s1. The number of amides is 1. The maximum absolute atomic E-state index is 11.9. The van der Waals surface area contributed by atoms with Crippen LogP contribution in [0.25, 0.3) is 0 Å². The molecule has 122 valence electrons.